The minimum atomic E-state index is -2.59. The third kappa shape index (κ3) is 3.89. The smallest absolute Gasteiger partial charge is 0.272 e. The maximum atomic E-state index is 12.4. The largest absolute Gasteiger partial charge is 0.471 e. The second-order valence-electron chi connectivity index (χ2n) is 5.44. The van der Waals surface area contributed by atoms with Crippen LogP contribution >= 0.6 is 0 Å². The zero-order valence-electron chi connectivity index (χ0n) is 12.3. The van der Waals surface area contributed by atoms with E-state index in [1.165, 1.54) is 0 Å². The van der Waals surface area contributed by atoms with Crippen molar-refractivity contribution in [3.63, 3.8) is 0 Å². The van der Waals surface area contributed by atoms with Crippen LogP contribution in [0, 0.1) is 0 Å². The lowest BCUT2D eigenvalue weighted by Crippen LogP contribution is -2.28. The number of amides is 1. The summed E-state index contributed by atoms with van der Waals surface area (Å²) in [5.74, 6) is -0.0483. The van der Waals surface area contributed by atoms with E-state index in [1.807, 2.05) is 13.8 Å². The average Bonchev–Trinajstić information content (AvgIpc) is 2.98. The summed E-state index contributed by atoms with van der Waals surface area (Å²) in [6.45, 7) is 4.52. The van der Waals surface area contributed by atoms with E-state index in [4.69, 9.17) is 4.74 Å². The predicted molar refractivity (Wildman–Crippen MR) is 75.0 cm³/mol. The zero-order chi connectivity index (χ0) is 15.4. The number of carbonyl (C=O) groups excluding carboxylic acids is 1. The van der Waals surface area contributed by atoms with E-state index >= 15 is 0 Å². The Labute approximate surface area is 123 Å². The van der Waals surface area contributed by atoms with Crippen molar-refractivity contribution >= 4 is 5.91 Å². The molecule has 6 heteroatoms. The SMILES string of the molecule is CC(C)c1ccc(C(=O)N2CCCC2)c(OCC(F)F)n1. The van der Waals surface area contributed by atoms with Crippen LogP contribution < -0.4 is 4.74 Å². The second kappa shape index (κ2) is 6.83. The number of carbonyl (C=O) groups is 1. The molecule has 0 bridgehead atoms. The summed E-state index contributed by atoms with van der Waals surface area (Å²) < 4.78 is 29.8. The molecule has 2 rings (SSSR count). The van der Waals surface area contributed by atoms with Crippen molar-refractivity contribution in [2.75, 3.05) is 19.7 Å². The van der Waals surface area contributed by atoms with Crippen molar-refractivity contribution in [1.29, 1.82) is 0 Å². The van der Waals surface area contributed by atoms with Gasteiger partial charge < -0.3 is 9.64 Å². The van der Waals surface area contributed by atoms with E-state index in [1.54, 1.807) is 17.0 Å². The molecule has 0 atom stereocenters. The standard InChI is InChI=1S/C15H20F2N2O2/c1-10(2)12-6-5-11(14(18-12)21-9-13(16)17)15(20)19-7-3-4-8-19/h5-6,10,13H,3-4,7-9H2,1-2H3. The minimum absolute atomic E-state index is 0.0124. The van der Waals surface area contributed by atoms with Gasteiger partial charge in [0.2, 0.25) is 5.88 Å². The van der Waals surface area contributed by atoms with Gasteiger partial charge in [-0.15, -0.1) is 0 Å². The van der Waals surface area contributed by atoms with Crippen molar-refractivity contribution in [2.24, 2.45) is 0 Å². The summed E-state index contributed by atoms with van der Waals surface area (Å²) in [5, 5.41) is 0. The monoisotopic (exact) mass is 298 g/mol. The molecule has 116 valence electrons. The number of alkyl halides is 2. The molecule has 0 saturated carbocycles. The summed E-state index contributed by atoms with van der Waals surface area (Å²) in [5.41, 5.74) is 0.985. The first-order chi connectivity index (χ1) is 9.99. The fraction of sp³-hybridized carbons (Fsp3) is 0.600. The van der Waals surface area contributed by atoms with E-state index in [9.17, 15) is 13.6 Å². The predicted octanol–water partition coefficient (Wildman–Crippen LogP) is 3.08. The number of rotatable bonds is 5. The normalized spacial score (nSPS) is 15.0. The van der Waals surface area contributed by atoms with Crippen LogP contribution in [-0.2, 0) is 0 Å². The molecule has 4 nitrogen and oxygen atoms in total. The van der Waals surface area contributed by atoms with Crippen LogP contribution in [0.3, 0.4) is 0 Å². The van der Waals surface area contributed by atoms with Crippen molar-refractivity contribution in [3.8, 4) is 5.88 Å². The summed E-state index contributed by atoms with van der Waals surface area (Å²) in [4.78, 5) is 18.4. The van der Waals surface area contributed by atoms with E-state index in [0.29, 0.717) is 13.1 Å². The number of ether oxygens (including phenoxy) is 1. The lowest BCUT2D eigenvalue weighted by molar-refractivity contribution is 0.0723. The quantitative estimate of drug-likeness (QED) is 0.839. The van der Waals surface area contributed by atoms with E-state index < -0.39 is 13.0 Å². The summed E-state index contributed by atoms with van der Waals surface area (Å²) in [6, 6.07) is 3.38. The molecule has 0 aliphatic carbocycles. The highest BCUT2D eigenvalue weighted by Gasteiger charge is 2.24. The number of halogens is 2. The van der Waals surface area contributed by atoms with Gasteiger partial charge in [-0.2, -0.15) is 0 Å². The molecular weight excluding hydrogens is 278 g/mol. The Kier molecular flexibility index (Phi) is 5.09. The van der Waals surface area contributed by atoms with Crippen molar-refractivity contribution in [3.05, 3.63) is 23.4 Å². The van der Waals surface area contributed by atoms with E-state index in [2.05, 4.69) is 4.98 Å². The zero-order valence-corrected chi connectivity index (χ0v) is 12.3. The first-order valence-electron chi connectivity index (χ1n) is 7.20. The van der Waals surface area contributed by atoms with Gasteiger partial charge in [-0.25, -0.2) is 13.8 Å². The Morgan fingerprint density at radius 1 is 1.33 bits per heavy atom. The van der Waals surface area contributed by atoms with Gasteiger partial charge in [-0.05, 0) is 30.9 Å². The molecule has 2 heterocycles. The van der Waals surface area contributed by atoms with Gasteiger partial charge in [0.15, 0.2) is 6.61 Å². The first-order valence-corrected chi connectivity index (χ1v) is 7.20. The molecule has 1 fully saturated rings. The van der Waals surface area contributed by atoms with Gasteiger partial charge in [-0.1, -0.05) is 13.8 Å². The topological polar surface area (TPSA) is 42.4 Å². The van der Waals surface area contributed by atoms with Crippen LogP contribution in [0.4, 0.5) is 8.78 Å². The number of nitrogens with zero attached hydrogens (tertiary/aromatic N) is 2. The van der Waals surface area contributed by atoms with Crippen LogP contribution in [0.15, 0.2) is 12.1 Å². The third-order valence-corrected chi connectivity index (χ3v) is 3.44. The number of hydrogen-bond acceptors (Lipinski definition) is 3. The van der Waals surface area contributed by atoms with E-state index in [-0.39, 0.29) is 23.3 Å². The molecule has 0 spiro atoms. The van der Waals surface area contributed by atoms with Crippen LogP contribution in [0.1, 0.15) is 48.7 Å². The molecule has 1 aliphatic heterocycles. The highest BCUT2D eigenvalue weighted by atomic mass is 19.3. The average molecular weight is 298 g/mol. The minimum Gasteiger partial charge on any atom is -0.471 e. The Morgan fingerprint density at radius 2 is 2.00 bits per heavy atom. The van der Waals surface area contributed by atoms with Crippen molar-refractivity contribution < 1.29 is 18.3 Å². The van der Waals surface area contributed by atoms with Gasteiger partial charge in [0.25, 0.3) is 12.3 Å². The van der Waals surface area contributed by atoms with Crippen LogP contribution in [0.5, 0.6) is 5.88 Å². The molecule has 1 saturated heterocycles. The number of pyridine rings is 1. The molecule has 1 aromatic rings. The highest BCUT2D eigenvalue weighted by Crippen LogP contribution is 2.24. The fourth-order valence-corrected chi connectivity index (χ4v) is 2.28. The molecule has 1 aromatic heterocycles. The lowest BCUT2D eigenvalue weighted by Gasteiger charge is -2.18. The molecule has 0 aromatic carbocycles. The molecule has 0 radical (unpaired) electrons. The van der Waals surface area contributed by atoms with E-state index in [0.717, 1.165) is 18.5 Å². The highest BCUT2D eigenvalue weighted by molar-refractivity contribution is 5.96. The van der Waals surface area contributed by atoms with Crippen LogP contribution in [-0.4, -0.2) is 41.9 Å². The third-order valence-electron chi connectivity index (χ3n) is 3.44. The van der Waals surface area contributed by atoms with Gasteiger partial charge >= 0.3 is 0 Å². The summed E-state index contributed by atoms with van der Waals surface area (Å²) in [6.07, 6.45) is -0.656. The molecular formula is C15H20F2N2O2. The Hall–Kier alpha value is -1.72. The number of hydrogen-bond donors (Lipinski definition) is 0. The van der Waals surface area contributed by atoms with Gasteiger partial charge in [0, 0.05) is 18.8 Å². The summed E-state index contributed by atoms with van der Waals surface area (Å²) >= 11 is 0. The van der Waals surface area contributed by atoms with Gasteiger partial charge in [0.1, 0.15) is 5.56 Å². The summed E-state index contributed by atoms with van der Waals surface area (Å²) in [7, 11) is 0. The molecule has 1 amide bonds. The van der Waals surface area contributed by atoms with Crippen LogP contribution in [0.2, 0.25) is 0 Å². The van der Waals surface area contributed by atoms with Crippen molar-refractivity contribution in [2.45, 2.75) is 39.0 Å². The molecule has 1 aliphatic rings. The van der Waals surface area contributed by atoms with Gasteiger partial charge in [-0.3, -0.25) is 4.79 Å². The van der Waals surface area contributed by atoms with Crippen molar-refractivity contribution in [1.82, 2.24) is 9.88 Å². The number of likely N-dealkylation sites (tertiary alicyclic amines) is 1. The maximum absolute atomic E-state index is 12.4. The molecule has 0 N–H and O–H groups in total. The van der Waals surface area contributed by atoms with Crippen LogP contribution in [0.25, 0.3) is 0 Å². The number of aromatic nitrogens is 1. The first kappa shape index (κ1) is 15.7. The molecule has 21 heavy (non-hydrogen) atoms. The fourth-order valence-electron chi connectivity index (χ4n) is 2.28. The Bertz CT molecular complexity index is 500. The van der Waals surface area contributed by atoms with Gasteiger partial charge in [0.05, 0.1) is 0 Å². The maximum Gasteiger partial charge on any atom is 0.272 e. The lowest BCUT2D eigenvalue weighted by atomic mass is 10.1. The Morgan fingerprint density at radius 3 is 2.57 bits per heavy atom. The second-order valence-corrected chi connectivity index (χ2v) is 5.44. The molecule has 0 unspecified atom stereocenters. The Balaban J connectivity index is 2.26.